The van der Waals surface area contributed by atoms with Gasteiger partial charge < -0.3 is 5.32 Å². The maximum atomic E-state index is 12.9. The van der Waals surface area contributed by atoms with Gasteiger partial charge in [0.2, 0.25) is 0 Å². The van der Waals surface area contributed by atoms with E-state index in [0.29, 0.717) is 18.8 Å². The average Bonchev–Trinajstić information content (AvgIpc) is 2.39. The highest BCUT2D eigenvalue weighted by Gasteiger charge is 2.43. The molecule has 0 heterocycles. The molecule has 0 bridgehead atoms. The quantitative estimate of drug-likeness (QED) is 0.738. The number of alkyl halides is 3. The van der Waals surface area contributed by atoms with Gasteiger partial charge in [-0.1, -0.05) is 33.1 Å². The third kappa shape index (κ3) is 4.97. The summed E-state index contributed by atoms with van der Waals surface area (Å²) >= 11 is 0. The van der Waals surface area contributed by atoms with Crippen molar-refractivity contribution in [1.29, 1.82) is 0 Å². The van der Waals surface area contributed by atoms with Crippen molar-refractivity contribution in [1.82, 2.24) is 5.32 Å². The van der Waals surface area contributed by atoms with Gasteiger partial charge in [-0.25, -0.2) is 0 Å². The van der Waals surface area contributed by atoms with Gasteiger partial charge in [0, 0.05) is 6.04 Å². The lowest BCUT2D eigenvalue weighted by Gasteiger charge is -2.36. The SMILES string of the molecule is CCC(CC)CC(NC)C1CCCC(C(F)(F)F)C1. The average molecular weight is 279 g/mol. The molecule has 1 N–H and O–H groups in total. The van der Waals surface area contributed by atoms with Crippen LogP contribution in [0.1, 0.15) is 58.8 Å². The van der Waals surface area contributed by atoms with E-state index in [1.54, 1.807) is 0 Å². The molecule has 0 aromatic rings. The minimum absolute atomic E-state index is 0.186. The first-order valence-corrected chi connectivity index (χ1v) is 7.66. The molecule has 0 aromatic carbocycles. The van der Waals surface area contributed by atoms with E-state index >= 15 is 0 Å². The number of nitrogens with one attached hydrogen (secondary N) is 1. The number of rotatable bonds is 6. The molecule has 1 nitrogen and oxygen atoms in total. The van der Waals surface area contributed by atoms with Gasteiger partial charge in [-0.05, 0) is 44.6 Å². The van der Waals surface area contributed by atoms with E-state index in [4.69, 9.17) is 0 Å². The lowest BCUT2D eigenvalue weighted by atomic mass is 9.75. The standard InChI is InChI=1S/C15H28F3N/c1-4-11(5-2)9-14(19-3)12-7-6-8-13(10-12)15(16,17)18/h11-14,19H,4-10H2,1-3H3. The molecule has 19 heavy (non-hydrogen) atoms. The Kier molecular flexibility index (Phi) is 6.64. The van der Waals surface area contributed by atoms with Crippen molar-refractivity contribution in [3.63, 3.8) is 0 Å². The van der Waals surface area contributed by atoms with Crippen molar-refractivity contribution in [2.24, 2.45) is 17.8 Å². The number of hydrogen-bond donors (Lipinski definition) is 1. The third-order valence-electron chi connectivity index (χ3n) is 4.86. The number of hydrogen-bond acceptors (Lipinski definition) is 1. The third-order valence-corrected chi connectivity index (χ3v) is 4.86. The summed E-state index contributed by atoms with van der Waals surface area (Å²) in [6.45, 7) is 4.33. The van der Waals surface area contributed by atoms with Crippen LogP contribution in [0.3, 0.4) is 0 Å². The van der Waals surface area contributed by atoms with E-state index < -0.39 is 12.1 Å². The lowest BCUT2D eigenvalue weighted by Crippen LogP contribution is -2.40. The molecule has 0 amide bonds. The molecule has 0 spiro atoms. The molecule has 114 valence electrons. The normalized spacial score (nSPS) is 26.7. The molecule has 0 saturated heterocycles. The van der Waals surface area contributed by atoms with Gasteiger partial charge in [-0.2, -0.15) is 13.2 Å². The van der Waals surface area contributed by atoms with E-state index in [0.717, 1.165) is 32.1 Å². The van der Waals surface area contributed by atoms with Crippen LogP contribution >= 0.6 is 0 Å². The zero-order valence-corrected chi connectivity index (χ0v) is 12.4. The Morgan fingerprint density at radius 3 is 2.26 bits per heavy atom. The van der Waals surface area contributed by atoms with Crippen LogP contribution in [0.15, 0.2) is 0 Å². The molecular weight excluding hydrogens is 251 g/mol. The summed E-state index contributed by atoms with van der Waals surface area (Å²) in [6.07, 6.45) is 1.53. The zero-order chi connectivity index (χ0) is 14.5. The second-order valence-corrected chi connectivity index (χ2v) is 5.98. The second kappa shape index (κ2) is 7.51. The molecule has 1 fully saturated rings. The summed E-state index contributed by atoms with van der Waals surface area (Å²) in [5, 5.41) is 3.28. The minimum Gasteiger partial charge on any atom is -0.317 e. The first-order valence-electron chi connectivity index (χ1n) is 7.66. The van der Waals surface area contributed by atoms with Gasteiger partial charge in [-0.3, -0.25) is 0 Å². The van der Waals surface area contributed by atoms with Crippen LogP contribution in [0.25, 0.3) is 0 Å². The van der Waals surface area contributed by atoms with Gasteiger partial charge in [0.15, 0.2) is 0 Å². The van der Waals surface area contributed by atoms with Crippen LogP contribution in [-0.2, 0) is 0 Å². The maximum absolute atomic E-state index is 12.9. The van der Waals surface area contributed by atoms with Gasteiger partial charge in [0.05, 0.1) is 5.92 Å². The Hall–Kier alpha value is -0.250. The van der Waals surface area contributed by atoms with Crippen LogP contribution in [0.5, 0.6) is 0 Å². The fourth-order valence-electron chi connectivity index (χ4n) is 3.42. The predicted molar refractivity (Wildman–Crippen MR) is 73.0 cm³/mol. The molecule has 1 aliphatic rings. The van der Waals surface area contributed by atoms with Crippen molar-refractivity contribution in [2.75, 3.05) is 7.05 Å². The molecule has 3 unspecified atom stereocenters. The van der Waals surface area contributed by atoms with E-state index in [9.17, 15) is 13.2 Å². The predicted octanol–water partition coefficient (Wildman–Crippen LogP) is 4.77. The molecule has 0 aliphatic heterocycles. The van der Waals surface area contributed by atoms with E-state index in [-0.39, 0.29) is 12.0 Å². The van der Waals surface area contributed by atoms with E-state index in [1.165, 1.54) is 0 Å². The van der Waals surface area contributed by atoms with Crippen molar-refractivity contribution in [3.8, 4) is 0 Å². The van der Waals surface area contributed by atoms with Crippen molar-refractivity contribution in [3.05, 3.63) is 0 Å². The fourth-order valence-corrected chi connectivity index (χ4v) is 3.42. The van der Waals surface area contributed by atoms with E-state index in [1.807, 2.05) is 7.05 Å². The summed E-state index contributed by atoms with van der Waals surface area (Å²) in [5.74, 6) is -0.265. The summed E-state index contributed by atoms with van der Waals surface area (Å²) in [7, 11) is 1.89. The van der Waals surface area contributed by atoms with Crippen LogP contribution in [-0.4, -0.2) is 19.3 Å². The largest absolute Gasteiger partial charge is 0.391 e. The molecule has 1 aliphatic carbocycles. The molecule has 3 atom stereocenters. The van der Waals surface area contributed by atoms with Crippen LogP contribution in [0.4, 0.5) is 13.2 Å². The highest BCUT2D eigenvalue weighted by Crippen LogP contribution is 2.41. The smallest absolute Gasteiger partial charge is 0.317 e. The zero-order valence-electron chi connectivity index (χ0n) is 12.4. The molecule has 0 aromatic heterocycles. The minimum atomic E-state index is -4.01. The summed E-state index contributed by atoms with van der Waals surface area (Å²) in [6, 6.07) is 0.245. The van der Waals surface area contributed by atoms with Gasteiger partial charge in [0.25, 0.3) is 0 Å². The van der Waals surface area contributed by atoms with Crippen LogP contribution < -0.4 is 5.32 Å². The van der Waals surface area contributed by atoms with Crippen molar-refractivity contribution < 1.29 is 13.2 Å². The molecule has 1 rings (SSSR count). The molecule has 0 radical (unpaired) electrons. The summed E-state index contributed by atoms with van der Waals surface area (Å²) in [5.41, 5.74) is 0. The Morgan fingerprint density at radius 1 is 1.16 bits per heavy atom. The molecular formula is C15H28F3N. The topological polar surface area (TPSA) is 12.0 Å². The van der Waals surface area contributed by atoms with Gasteiger partial charge >= 0.3 is 6.18 Å². The highest BCUT2D eigenvalue weighted by molar-refractivity contribution is 4.85. The fraction of sp³-hybridized carbons (Fsp3) is 1.00. The maximum Gasteiger partial charge on any atom is 0.391 e. The summed E-state index contributed by atoms with van der Waals surface area (Å²) in [4.78, 5) is 0. The lowest BCUT2D eigenvalue weighted by molar-refractivity contribution is -0.186. The first kappa shape index (κ1) is 16.8. The Labute approximate surface area is 115 Å². The first-order chi connectivity index (χ1) is 8.92. The van der Waals surface area contributed by atoms with Gasteiger partial charge in [-0.15, -0.1) is 0 Å². The highest BCUT2D eigenvalue weighted by atomic mass is 19.4. The van der Waals surface area contributed by atoms with Crippen LogP contribution in [0, 0.1) is 17.8 Å². The molecule has 1 saturated carbocycles. The monoisotopic (exact) mass is 279 g/mol. The van der Waals surface area contributed by atoms with E-state index in [2.05, 4.69) is 19.2 Å². The Morgan fingerprint density at radius 2 is 1.79 bits per heavy atom. The Bertz CT molecular complexity index is 248. The van der Waals surface area contributed by atoms with Crippen molar-refractivity contribution >= 4 is 0 Å². The van der Waals surface area contributed by atoms with Crippen molar-refractivity contribution in [2.45, 2.75) is 71.0 Å². The van der Waals surface area contributed by atoms with Gasteiger partial charge in [0.1, 0.15) is 0 Å². The Balaban J connectivity index is 2.60. The summed E-state index contributed by atoms with van der Waals surface area (Å²) < 4.78 is 38.6. The second-order valence-electron chi connectivity index (χ2n) is 5.98. The van der Waals surface area contributed by atoms with Crippen LogP contribution in [0.2, 0.25) is 0 Å². The number of halogens is 3. The molecule has 4 heteroatoms.